The molecule has 1 aromatic heterocycles. The lowest BCUT2D eigenvalue weighted by Gasteiger charge is -2.32. The largest absolute Gasteiger partial charge is 0.494 e. The summed E-state index contributed by atoms with van der Waals surface area (Å²) in [6.45, 7) is 6.35. The number of nitrogens with zero attached hydrogens (tertiary/aromatic N) is 3. The predicted octanol–water partition coefficient (Wildman–Crippen LogP) is 3.56. The number of halogens is 1. The molecular formula is C27H31FN6O2. The number of aromatic nitrogens is 2. The van der Waals surface area contributed by atoms with Crippen molar-refractivity contribution < 1.29 is 13.9 Å². The van der Waals surface area contributed by atoms with Gasteiger partial charge in [-0.3, -0.25) is 9.89 Å². The second-order valence-electron chi connectivity index (χ2n) is 9.29. The maximum absolute atomic E-state index is 13.4. The summed E-state index contributed by atoms with van der Waals surface area (Å²) in [6.07, 6.45) is 3.29. The van der Waals surface area contributed by atoms with Crippen LogP contribution in [0.4, 0.5) is 15.9 Å². The van der Waals surface area contributed by atoms with E-state index < -0.39 is 0 Å². The van der Waals surface area contributed by atoms with Crippen LogP contribution in [-0.4, -0.2) is 72.3 Å². The number of aromatic amines is 1. The fourth-order valence-corrected chi connectivity index (χ4v) is 4.45. The van der Waals surface area contributed by atoms with E-state index in [-0.39, 0.29) is 11.7 Å². The number of benzene rings is 2. The molecule has 2 aliphatic rings. The van der Waals surface area contributed by atoms with Crippen LogP contribution in [0.5, 0.6) is 5.75 Å². The smallest absolute Gasteiger partial charge is 0.257 e. The summed E-state index contributed by atoms with van der Waals surface area (Å²) < 4.78 is 19.3. The Balaban J connectivity index is 1.09. The topological polar surface area (TPSA) is 85.5 Å². The number of rotatable bonds is 9. The highest BCUT2D eigenvalue weighted by Crippen LogP contribution is 2.32. The van der Waals surface area contributed by atoms with Gasteiger partial charge in [-0.15, -0.1) is 0 Å². The van der Waals surface area contributed by atoms with E-state index in [0.29, 0.717) is 35.7 Å². The number of amides is 1. The molecule has 3 heterocycles. The van der Waals surface area contributed by atoms with E-state index in [1.54, 1.807) is 12.3 Å². The first-order valence-electron chi connectivity index (χ1n) is 12.3. The first-order chi connectivity index (χ1) is 17.5. The van der Waals surface area contributed by atoms with Crippen molar-refractivity contribution in [2.45, 2.75) is 12.8 Å². The van der Waals surface area contributed by atoms with Gasteiger partial charge in [0.25, 0.3) is 5.91 Å². The summed E-state index contributed by atoms with van der Waals surface area (Å²) in [5, 5.41) is 13.1. The minimum atomic E-state index is -0.387. The lowest BCUT2D eigenvalue weighted by atomic mass is 10.1. The van der Waals surface area contributed by atoms with E-state index in [2.05, 4.69) is 49.8 Å². The molecule has 3 aromatic rings. The molecule has 1 saturated heterocycles. The minimum Gasteiger partial charge on any atom is -0.494 e. The Bertz CT molecular complexity index is 1230. The fraction of sp³-hybridized carbons (Fsp3) is 0.333. The van der Waals surface area contributed by atoms with Crippen molar-refractivity contribution in [2.24, 2.45) is 0 Å². The van der Waals surface area contributed by atoms with E-state index >= 15 is 0 Å². The highest BCUT2D eigenvalue weighted by molar-refractivity contribution is 6.31. The summed E-state index contributed by atoms with van der Waals surface area (Å²) in [5.41, 5.74) is 3.58. The third kappa shape index (κ3) is 5.92. The molecule has 0 atom stereocenters. The normalized spacial score (nSPS) is 17.3. The number of piperazine rings is 1. The molecule has 8 nitrogen and oxygen atoms in total. The van der Waals surface area contributed by atoms with Crippen molar-refractivity contribution in [3.8, 4) is 5.75 Å². The highest BCUT2D eigenvalue weighted by Gasteiger charge is 2.24. The van der Waals surface area contributed by atoms with Crippen LogP contribution in [0.15, 0.2) is 54.7 Å². The molecule has 36 heavy (non-hydrogen) atoms. The number of carbonyl (C=O) groups is 1. The maximum Gasteiger partial charge on any atom is 0.257 e. The van der Waals surface area contributed by atoms with Crippen molar-refractivity contribution in [3.05, 3.63) is 77.4 Å². The molecule has 0 radical (unpaired) electrons. The second-order valence-corrected chi connectivity index (χ2v) is 9.29. The van der Waals surface area contributed by atoms with Gasteiger partial charge in [0.15, 0.2) is 0 Å². The van der Waals surface area contributed by atoms with Gasteiger partial charge in [-0.1, -0.05) is 12.1 Å². The molecule has 2 aromatic carbocycles. The zero-order valence-electron chi connectivity index (χ0n) is 20.4. The zero-order chi connectivity index (χ0) is 24.9. The number of carbonyl (C=O) groups excluding carboxylic acids is 1. The molecular weight excluding hydrogens is 459 g/mol. The Hall–Kier alpha value is -3.69. The monoisotopic (exact) mass is 490 g/mol. The van der Waals surface area contributed by atoms with Crippen molar-refractivity contribution in [2.75, 3.05) is 57.0 Å². The molecule has 0 spiro atoms. The van der Waals surface area contributed by atoms with Crippen molar-refractivity contribution in [3.63, 3.8) is 0 Å². The fourth-order valence-electron chi connectivity index (χ4n) is 4.45. The van der Waals surface area contributed by atoms with Crippen LogP contribution in [0.3, 0.4) is 0 Å². The number of likely N-dealkylation sites (N-methyl/N-ethyl adjacent to an activating group) is 1. The maximum atomic E-state index is 13.4. The van der Waals surface area contributed by atoms with Gasteiger partial charge in [-0.05, 0) is 49.4 Å². The van der Waals surface area contributed by atoms with Crippen molar-refractivity contribution >= 4 is 23.0 Å². The van der Waals surface area contributed by atoms with Gasteiger partial charge >= 0.3 is 0 Å². The van der Waals surface area contributed by atoms with Crippen molar-refractivity contribution in [1.82, 2.24) is 20.0 Å². The third-order valence-electron chi connectivity index (χ3n) is 6.56. The van der Waals surface area contributed by atoms with Crippen LogP contribution in [0, 0.1) is 5.82 Å². The lowest BCUT2D eigenvalue weighted by Crippen LogP contribution is -2.44. The van der Waals surface area contributed by atoms with Crippen LogP contribution >= 0.6 is 0 Å². The quantitative estimate of drug-likeness (QED) is 0.314. The van der Waals surface area contributed by atoms with Crippen LogP contribution < -0.4 is 15.4 Å². The molecule has 0 saturated carbocycles. The Morgan fingerprint density at radius 1 is 1.11 bits per heavy atom. The SMILES string of the molecule is CN1CCN(CCCOc2ccc(Cc3cc(NC=C4C(=O)Nc5cc(F)ccc54)[nH]n3)cc2)CC1. The third-order valence-corrected chi connectivity index (χ3v) is 6.56. The highest BCUT2D eigenvalue weighted by atomic mass is 19.1. The average molecular weight is 491 g/mol. The molecule has 0 unspecified atom stereocenters. The standard InChI is InChI=1S/C27H31FN6O2/c1-33-10-12-34(13-11-33)9-2-14-36-22-6-3-19(4-7-22)15-21-17-26(32-31-21)29-18-24-23-8-5-20(28)16-25(23)30-27(24)35/h3-8,16-18H,2,9-15H2,1H3,(H,30,35)(H2,29,31,32). The number of fused-ring (bicyclic) bond motifs is 1. The molecule has 9 heteroatoms. The van der Waals surface area contributed by atoms with Gasteiger partial charge < -0.3 is 25.2 Å². The predicted molar refractivity (Wildman–Crippen MR) is 139 cm³/mol. The number of H-pyrrole nitrogens is 1. The van der Waals surface area contributed by atoms with Gasteiger partial charge in [0.05, 0.1) is 23.6 Å². The summed E-state index contributed by atoms with van der Waals surface area (Å²) in [7, 11) is 2.17. The van der Waals surface area contributed by atoms with E-state index in [4.69, 9.17) is 4.74 Å². The molecule has 3 N–H and O–H groups in total. The molecule has 0 aliphatic carbocycles. The Morgan fingerprint density at radius 2 is 1.92 bits per heavy atom. The number of nitrogens with one attached hydrogen (secondary N) is 3. The number of ether oxygens (including phenoxy) is 1. The average Bonchev–Trinajstić information content (AvgIpc) is 3.45. The Morgan fingerprint density at radius 3 is 2.72 bits per heavy atom. The second kappa shape index (κ2) is 10.9. The van der Waals surface area contributed by atoms with E-state index in [0.717, 1.165) is 56.2 Å². The number of anilines is 2. The lowest BCUT2D eigenvalue weighted by molar-refractivity contribution is -0.110. The summed E-state index contributed by atoms with van der Waals surface area (Å²) >= 11 is 0. The van der Waals surface area contributed by atoms with Gasteiger partial charge in [0.2, 0.25) is 0 Å². The Kier molecular flexibility index (Phi) is 7.29. The van der Waals surface area contributed by atoms with Gasteiger partial charge in [0, 0.05) is 57.0 Å². The summed E-state index contributed by atoms with van der Waals surface area (Å²) in [5.74, 6) is 0.885. The Labute approximate surface area is 210 Å². The number of hydrogen-bond acceptors (Lipinski definition) is 6. The molecule has 1 amide bonds. The van der Waals surface area contributed by atoms with Crippen molar-refractivity contribution in [1.29, 1.82) is 0 Å². The van der Waals surface area contributed by atoms with E-state index in [1.165, 1.54) is 12.1 Å². The molecule has 188 valence electrons. The molecule has 1 fully saturated rings. The zero-order valence-corrected chi connectivity index (χ0v) is 20.4. The van der Waals surface area contributed by atoms with Gasteiger partial charge in [-0.25, -0.2) is 4.39 Å². The van der Waals surface area contributed by atoms with Crippen LogP contribution in [0.25, 0.3) is 5.57 Å². The summed E-state index contributed by atoms with van der Waals surface area (Å²) in [4.78, 5) is 17.1. The van der Waals surface area contributed by atoms with E-state index in [9.17, 15) is 9.18 Å². The summed E-state index contributed by atoms with van der Waals surface area (Å²) in [6, 6.07) is 14.3. The van der Waals surface area contributed by atoms with E-state index in [1.807, 2.05) is 18.2 Å². The molecule has 5 rings (SSSR count). The van der Waals surface area contributed by atoms with Crippen LogP contribution in [0.2, 0.25) is 0 Å². The minimum absolute atomic E-state index is 0.274. The molecule has 2 aliphatic heterocycles. The molecule has 0 bridgehead atoms. The van der Waals surface area contributed by atoms with Gasteiger partial charge in [-0.2, -0.15) is 5.10 Å². The van der Waals surface area contributed by atoms with Gasteiger partial charge in [0.1, 0.15) is 17.4 Å². The number of hydrogen-bond donors (Lipinski definition) is 3. The first-order valence-corrected chi connectivity index (χ1v) is 12.3. The van der Waals surface area contributed by atoms with Crippen LogP contribution in [0.1, 0.15) is 23.2 Å². The van der Waals surface area contributed by atoms with Crippen LogP contribution in [-0.2, 0) is 11.2 Å². The first kappa shape index (κ1) is 24.0.